The Labute approximate surface area is 134 Å². The maximum absolute atomic E-state index is 11.8. The summed E-state index contributed by atoms with van der Waals surface area (Å²) >= 11 is 6.21. The number of amides is 2. The predicted octanol–water partition coefficient (Wildman–Crippen LogP) is 2.81. The van der Waals surface area contributed by atoms with E-state index in [9.17, 15) is 4.79 Å². The summed E-state index contributed by atoms with van der Waals surface area (Å²) in [6.45, 7) is 6.42. The van der Waals surface area contributed by atoms with Crippen molar-refractivity contribution < 1.29 is 9.32 Å². The van der Waals surface area contributed by atoms with Gasteiger partial charge in [0, 0.05) is 23.9 Å². The Kier molecular flexibility index (Phi) is 5.03. The zero-order valence-corrected chi connectivity index (χ0v) is 13.6. The Bertz CT molecular complexity index is 654. The molecule has 118 valence electrons. The van der Waals surface area contributed by atoms with Gasteiger partial charge in [-0.25, -0.2) is 4.79 Å². The van der Waals surface area contributed by atoms with Gasteiger partial charge in [0.15, 0.2) is 5.82 Å². The standard InChI is InChI=1S/C15H19ClN4O2/c1-10-19-13(20-22-10)8-17-14(21)18-9-15(2,3)11-6-4-5-7-12(11)16/h4-7H,8-9H2,1-3H3,(H2,17,18,21). The first-order valence-electron chi connectivity index (χ1n) is 6.94. The first-order chi connectivity index (χ1) is 10.4. The van der Waals surface area contributed by atoms with E-state index in [1.807, 2.05) is 38.1 Å². The zero-order valence-electron chi connectivity index (χ0n) is 12.8. The average Bonchev–Trinajstić information content (AvgIpc) is 2.89. The molecule has 0 fully saturated rings. The molecule has 7 heteroatoms. The van der Waals surface area contributed by atoms with Crippen molar-refractivity contribution in [2.24, 2.45) is 0 Å². The highest BCUT2D eigenvalue weighted by molar-refractivity contribution is 6.31. The number of carbonyl (C=O) groups is 1. The Morgan fingerprint density at radius 2 is 2.05 bits per heavy atom. The van der Waals surface area contributed by atoms with Gasteiger partial charge in [-0.1, -0.05) is 48.8 Å². The Balaban J connectivity index is 1.86. The van der Waals surface area contributed by atoms with E-state index in [1.165, 1.54) is 0 Å². The summed E-state index contributed by atoms with van der Waals surface area (Å²) in [5.41, 5.74) is 0.712. The molecule has 1 aromatic heterocycles. The van der Waals surface area contributed by atoms with Gasteiger partial charge < -0.3 is 15.2 Å². The summed E-state index contributed by atoms with van der Waals surface area (Å²) in [6.07, 6.45) is 0. The number of aromatic nitrogens is 2. The minimum absolute atomic E-state index is 0.218. The van der Waals surface area contributed by atoms with Crippen molar-refractivity contribution in [1.82, 2.24) is 20.8 Å². The number of benzene rings is 1. The number of carbonyl (C=O) groups excluding carboxylic acids is 1. The van der Waals surface area contributed by atoms with E-state index in [0.717, 1.165) is 5.56 Å². The maximum atomic E-state index is 11.8. The second kappa shape index (κ2) is 6.79. The van der Waals surface area contributed by atoms with Gasteiger partial charge in [0.2, 0.25) is 5.89 Å². The van der Waals surface area contributed by atoms with Crippen LogP contribution in [0.3, 0.4) is 0 Å². The molecule has 0 spiro atoms. The summed E-state index contributed by atoms with van der Waals surface area (Å²) in [6, 6.07) is 7.33. The summed E-state index contributed by atoms with van der Waals surface area (Å²) < 4.78 is 4.83. The number of nitrogens with zero attached hydrogens (tertiary/aromatic N) is 2. The lowest BCUT2D eigenvalue weighted by atomic mass is 9.84. The zero-order chi connectivity index (χ0) is 16.2. The van der Waals surface area contributed by atoms with E-state index in [2.05, 4.69) is 20.8 Å². The number of aryl methyl sites for hydroxylation is 1. The van der Waals surface area contributed by atoms with Gasteiger partial charge in [-0.3, -0.25) is 0 Å². The monoisotopic (exact) mass is 322 g/mol. The molecule has 2 N–H and O–H groups in total. The minimum atomic E-state index is -0.289. The molecule has 22 heavy (non-hydrogen) atoms. The van der Waals surface area contributed by atoms with Gasteiger partial charge >= 0.3 is 6.03 Å². The normalized spacial score (nSPS) is 11.3. The summed E-state index contributed by atoms with van der Waals surface area (Å²) in [4.78, 5) is 15.9. The SMILES string of the molecule is Cc1nc(CNC(=O)NCC(C)(C)c2ccccc2Cl)no1. The van der Waals surface area contributed by atoms with E-state index in [0.29, 0.717) is 23.3 Å². The fourth-order valence-corrected chi connectivity index (χ4v) is 2.43. The minimum Gasteiger partial charge on any atom is -0.340 e. The topological polar surface area (TPSA) is 80.0 Å². The van der Waals surface area contributed by atoms with Crippen molar-refractivity contribution >= 4 is 17.6 Å². The van der Waals surface area contributed by atoms with E-state index < -0.39 is 0 Å². The largest absolute Gasteiger partial charge is 0.340 e. The molecule has 0 radical (unpaired) electrons. The van der Waals surface area contributed by atoms with Crippen LogP contribution in [0.25, 0.3) is 0 Å². The van der Waals surface area contributed by atoms with Crippen LogP contribution in [0.4, 0.5) is 4.79 Å². The van der Waals surface area contributed by atoms with Crippen LogP contribution >= 0.6 is 11.6 Å². The van der Waals surface area contributed by atoms with E-state index in [-0.39, 0.29) is 18.0 Å². The lowest BCUT2D eigenvalue weighted by molar-refractivity contribution is 0.237. The Morgan fingerprint density at radius 1 is 1.32 bits per heavy atom. The van der Waals surface area contributed by atoms with Crippen molar-refractivity contribution in [2.45, 2.75) is 32.7 Å². The van der Waals surface area contributed by atoms with Crippen LogP contribution in [0, 0.1) is 6.92 Å². The third-order valence-corrected chi connectivity index (χ3v) is 3.60. The molecule has 0 bridgehead atoms. The maximum Gasteiger partial charge on any atom is 0.315 e. The van der Waals surface area contributed by atoms with E-state index in [4.69, 9.17) is 16.1 Å². The fraction of sp³-hybridized carbons (Fsp3) is 0.400. The van der Waals surface area contributed by atoms with Gasteiger partial charge in [-0.15, -0.1) is 0 Å². The molecule has 6 nitrogen and oxygen atoms in total. The highest BCUT2D eigenvalue weighted by Gasteiger charge is 2.23. The number of hydrogen-bond donors (Lipinski definition) is 2. The molecule has 0 atom stereocenters. The Morgan fingerprint density at radius 3 is 2.68 bits per heavy atom. The average molecular weight is 323 g/mol. The van der Waals surface area contributed by atoms with Crippen LogP contribution in [0.1, 0.15) is 31.1 Å². The summed E-state index contributed by atoms with van der Waals surface area (Å²) in [5, 5.41) is 9.92. The van der Waals surface area contributed by atoms with Gasteiger partial charge in [0.05, 0.1) is 6.54 Å². The van der Waals surface area contributed by atoms with E-state index in [1.54, 1.807) is 6.92 Å². The van der Waals surface area contributed by atoms with Crippen LogP contribution in [0.15, 0.2) is 28.8 Å². The lowest BCUT2D eigenvalue weighted by Gasteiger charge is -2.26. The van der Waals surface area contributed by atoms with Gasteiger partial charge in [0.1, 0.15) is 0 Å². The molecular weight excluding hydrogens is 304 g/mol. The highest BCUT2D eigenvalue weighted by atomic mass is 35.5. The predicted molar refractivity (Wildman–Crippen MR) is 83.8 cm³/mol. The molecule has 0 saturated heterocycles. The molecule has 1 aromatic carbocycles. The summed E-state index contributed by atoms with van der Waals surface area (Å²) in [7, 11) is 0. The van der Waals surface area contributed by atoms with Gasteiger partial charge in [-0.05, 0) is 11.6 Å². The first-order valence-corrected chi connectivity index (χ1v) is 7.32. The molecule has 2 rings (SSSR count). The third-order valence-electron chi connectivity index (χ3n) is 3.27. The van der Waals surface area contributed by atoms with Crippen LogP contribution in [0.5, 0.6) is 0 Å². The number of nitrogens with one attached hydrogen (secondary N) is 2. The second-order valence-corrected chi connectivity index (χ2v) is 6.04. The molecule has 2 aromatic rings. The Hall–Kier alpha value is -2.08. The number of halogens is 1. The molecular formula is C15H19ClN4O2. The molecule has 0 aliphatic carbocycles. The number of rotatable bonds is 5. The highest BCUT2D eigenvalue weighted by Crippen LogP contribution is 2.28. The lowest BCUT2D eigenvalue weighted by Crippen LogP contribution is -2.42. The smallest absolute Gasteiger partial charge is 0.315 e. The quantitative estimate of drug-likeness (QED) is 0.887. The molecule has 0 saturated carbocycles. The van der Waals surface area contributed by atoms with Crippen LogP contribution in [0.2, 0.25) is 5.02 Å². The molecule has 0 aliphatic rings. The van der Waals surface area contributed by atoms with Crippen molar-refractivity contribution in [2.75, 3.05) is 6.54 Å². The molecule has 1 heterocycles. The first kappa shape index (κ1) is 16.3. The molecule has 2 amide bonds. The number of urea groups is 1. The summed E-state index contributed by atoms with van der Waals surface area (Å²) in [5.74, 6) is 0.912. The molecule has 0 aliphatic heterocycles. The van der Waals surface area contributed by atoms with Crippen molar-refractivity contribution in [3.8, 4) is 0 Å². The number of hydrogen-bond acceptors (Lipinski definition) is 4. The van der Waals surface area contributed by atoms with Crippen molar-refractivity contribution in [1.29, 1.82) is 0 Å². The van der Waals surface area contributed by atoms with Crippen molar-refractivity contribution in [3.05, 3.63) is 46.6 Å². The van der Waals surface area contributed by atoms with Gasteiger partial charge in [0.25, 0.3) is 0 Å². The van der Waals surface area contributed by atoms with Crippen molar-refractivity contribution in [3.63, 3.8) is 0 Å². The van der Waals surface area contributed by atoms with Gasteiger partial charge in [-0.2, -0.15) is 4.98 Å². The van der Waals surface area contributed by atoms with Crippen LogP contribution in [-0.2, 0) is 12.0 Å². The fourth-order valence-electron chi connectivity index (χ4n) is 2.04. The van der Waals surface area contributed by atoms with Crippen LogP contribution < -0.4 is 10.6 Å². The third kappa shape index (κ3) is 4.21. The molecule has 0 unspecified atom stereocenters. The van der Waals surface area contributed by atoms with Crippen LogP contribution in [-0.4, -0.2) is 22.7 Å². The second-order valence-electron chi connectivity index (χ2n) is 5.63. The van der Waals surface area contributed by atoms with E-state index >= 15 is 0 Å².